The monoisotopic (exact) mass is 152 g/mol. The van der Waals surface area contributed by atoms with Crippen LogP contribution in [0, 0.1) is 12.3 Å². The molecule has 11 heavy (non-hydrogen) atoms. The summed E-state index contributed by atoms with van der Waals surface area (Å²) in [6.07, 6.45) is 9.69. The van der Waals surface area contributed by atoms with Crippen molar-refractivity contribution in [1.29, 1.82) is 0 Å². The van der Waals surface area contributed by atoms with Crippen molar-refractivity contribution < 1.29 is 0 Å². The Morgan fingerprint density at radius 2 is 2.09 bits per heavy atom. The van der Waals surface area contributed by atoms with Gasteiger partial charge in [0.1, 0.15) is 0 Å². The molecule has 2 rings (SSSR count). The zero-order valence-electron chi connectivity index (χ0n) is 7.42. The maximum absolute atomic E-state index is 2.56. The minimum absolute atomic E-state index is 0.900. The number of nitrogens with zero attached hydrogens (tertiary/aromatic N) is 1. The quantitative estimate of drug-likeness (QED) is 0.513. The third-order valence-electron chi connectivity index (χ3n) is 3.30. The van der Waals surface area contributed by atoms with E-state index in [1.165, 1.54) is 38.6 Å². The Morgan fingerprint density at radius 3 is 2.91 bits per heavy atom. The van der Waals surface area contributed by atoms with E-state index in [1.807, 2.05) is 0 Å². The van der Waals surface area contributed by atoms with Crippen molar-refractivity contribution in [2.45, 2.75) is 38.1 Å². The van der Waals surface area contributed by atoms with Gasteiger partial charge in [-0.25, -0.2) is 0 Å². The van der Waals surface area contributed by atoms with Crippen molar-refractivity contribution in [3.05, 3.63) is 6.42 Å². The van der Waals surface area contributed by atoms with Crippen LogP contribution in [-0.4, -0.2) is 24.5 Å². The molecular weight excluding hydrogens is 134 g/mol. The first-order chi connectivity index (χ1) is 5.38. The van der Waals surface area contributed by atoms with E-state index >= 15 is 0 Å². The van der Waals surface area contributed by atoms with Gasteiger partial charge in [0.25, 0.3) is 0 Å². The first-order valence-corrected chi connectivity index (χ1v) is 4.91. The summed E-state index contributed by atoms with van der Waals surface area (Å²) in [4.78, 5) is 2.56. The average molecular weight is 152 g/mol. The Balaban J connectivity index is 1.99. The molecule has 0 N–H and O–H groups in total. The van der Waals surface area contributed by atoms with E-state index in [0.717, 1.165) is 12.0 Å². The second kappa shape index (κ2) is 3.14. The van der Waals surface area contributed by atoms with Crippen molar-refractivity contribution in [2.24, 2.45) is 5.92 Å². The molecule has 1 aliphatic heterocycles. The van der Waals surface area contributed by atoms with Crippen LogP contribution in [0.3, 0.4) is 0 Å². The van der Waals surface area contributed by atoms with Crippen LogP contribution in [0.5, 0.6) is 0 Å². The van der Waals surface area contributed by atoms with E-state index in [2.05, 4.69) is 18.4 Å². The zero-order chi connectivity index (χ0) is 7.68. The molecular formula is C10H18N. The normalized spacial score (nSPS) is 40.1. The Bertz CT molecular complexity index is 131. The molecule has 1 radical (unpaired) electrons. The van der Waals surface area contributed by atoms with Crippen molar-refractivity contribution >= 4 is 0 Å². The molecule has 1 saturated carbocycles. The molecule has 2 fully saturated rings. The standard InChI is InChI=1S/C10H18N/c1-11-8-4-6-9-5-2-3-7-10(9)11/h6,9-10H,2-5,7-8H2,1H3. The van der Waals surface area contributed by atoms with Crippen molar-refractivity contribution in [3.63, 3.8) is 0 Å². The van der Waals surface area contributed by atoms with Gasteiger partial charge in [-0.3, -0.25) is 0 Å². The smallest absolute Gasteiger partial charge is 0.0123 e. The molecule has 2 aliphatic rings. The highest BCUT2D eigenvalue weighted by molar-refractivity contribution is 4.94. The van der Waals surface area contributed by atoms with Gasteiger partial charge < -0.3 is 4.90 Å². The van der Waals surface area contributed by atoms with Crippen molar-refractivity contribution in [3.8, 4) is 0 Å². The summed E-state index contributed by atoms with van der Waals surface area (Å²) in [5.41, 5.74) is 0. The number of fused-ring (bicyclic) bond motifs is 1. The fourth-order valence-corrected chi connectivity index (χ4v) is 2.62. The number of piperidine rings is 1. The summed E-state index contributed by atoms with van der Waals surface area (Å²) >= 11 is 0. The average Bonchev–Trinajstić information content (AvgIpc) is 2.06. The Kier molecular flexibility index (Phi) is 2.17. The first-order valence-electron chi connectivity index (χ1n) is 4.91. The Morgan fingerprint density at radius 1 is 1.27 bits per heavy atom. The van der Waals surface area contributed by atoms with Gasteiger partial charge in [0, 0.05) is 6.04 Å². The second-order valence-corrected chi connectivity index (χ2v) is 4.02. The largest absolute Gasteiger partial charge is 0.303 e. The third kappa shape index (κ3) is 1.44. The van der Waals surface area contributed by atoms with Gasteiger partial charge in [0.15, 0.2) is 0 Å². The second-order valence-electron chi connectivity index (χ2n) is 4.02. The molecule has 1 heterocycles. The van der Waals surface area contributed by atoms with Crippen molar-refractivity contribution in [1.82, 2.24) is 4.90 Å². The summed E-state index contributed by atoms with van der Waals surface area (Å²) in [5.74, 6) is 0.933. The maximum Gasteiger partial charge on any atom is 0.0123 e. The Hall–Kier alpha value is -0.0400. The topological polar surface area (TPSA) is 3.24 Å². The number of likely N-dealkylation sites (tertiary alicyclic amines) is 1. The molecule has 2 atom stereocenters. The summed E-state index contributed by atoms with van der Waals surface area (Å²) in [6, 6.07) is 0.900. The van der Waals surface area contributed by atoms with Gasteiger partial charge in [0.05, 0.1) is 0 Å². The predicted molar refractivity (Wildman–Crippen MR) is 47.3 cm³/mol. The van der Waals surface area contributed by atoms with E-state index in [1.54, 1.807) is 0 Å². The molecule has 0 aromatic heterocycles. The van der Waals surface area contributed by atoms with Crippen LogP contribution in [0.2, 0.25) is 0 Å². The van der Waals surface area contributed by atoms with Gasteiger partial charge in [-0.2, -0.15) is 0 Å². The van der Waals surface area contributed by atoms with Gasteiger partial charge in [-0.1, -0.05) is 12.8 Å². The highest BCUT2D eigenvalue weighted by atomic mass is 15.1. The summed E-state index contributed by atoms with van der Waals surface area (Å²) in [6.45, 7) is 1.29. The lowest BCUT2D eigenvalue weighted by atomic mass is 9.79. The fraction of sp³-hybridized carbons (Fsp3) is 0.900. The summed E-state index contributed by atoms with van der Waals surface area (Å²) < 4.78 is 0. The van der Waals surface area contributed by atoms with Gasteiger partial charge in [0.2, 0.25) is 0 Å². The van der Waals surface area contributed by atoms with E-state index in [-0.39, 0.29) is 0 Å². The van der Waals surface area contributed by atoms with Gasteiger partial charge >= 0.3 is 0 Å². The zero-order valence-corrected chi connectivity index (χ0v) is 7.42. The van der Waals surface area contributed by atoms with Gasteiger partial charge in [-0.05, 0) is 45.2 Å². The van der Waals surface area contributed by atoms with Crippen LogP contribution in [0.4, 0.5) is 0 Å². The molecule has 0 amide bonds. The van der Waals surface area contributed by atoms with E-state index < -0.39 is 0 Å². The molecule has 0 aromatic carbocycles. The number of rotatable bonds is 0. The van der Waals surface area contributed by atoms with Crippen LogP contribution >= 0.6 is 0 Å². The molecule has 1 heteroatoms. The molecule has 0 bridgehead atoms. The lowest BCUT2D eigenvalue weighted by Gasteiger charge is -2.42. The molecule has 1 nitrogen and oxygen atoms in total. The predicted octanol–water partition coefficient (Wildman–Crippen LogP) is 2.08. The molecule has 0 spiro atoms. The SMILES string of the molecule is CN1CC[CH]C2CCCCC21. The lowest BCUT2D eigenvalue weighted by molar-refractivity contribution is 0.117. The number of hydrogen-bond donors (Lipinski definition) is 0. The van der Waals surface area contributed by atoms with E-state index in [9.17, 15) is 0 Å². The van der Waals surface area contributed by atoms with E-state index in [4.69, 9.17) is 0 Å². The summed E-state index contributed by atoms with van der Waals surface area (Å²) in [5, 5.41) is 0. The van der Waals surface area contributed by atoms with Crippen LogP contribution in [0.1, 0.15) is 32.1 Å². The third-order valence-corrected chi connectivity index (χ3v) is 3.30. The van der Waals surface area contributed by atoms with Crippen LogP contribution in [-0.2, 0) is 0 Å². The molecule has 2 unspecified atom stereocenters. The van der Waals surface area contributed by atoms with Crippen LogP contribution in [0.25, 0.3) is 0 Å². The first kappa shape index (κ1) is 7.60. The molecule has 0 aromatic rings. The summed E-state index contributed by atoms with van der Waals surface area (Å²) in [7, 11) is 2.29. The minimum atomic E-state index is 0.900. The van der Waals surface area contributed by atoms with Gasteiger partial charge in [-0.15, -0.1) is 0 Å². The number of hydrogen-bond acceptors (Lipinski definition) is 1. The fourth-order valence-electron chi connectivity index (χ4n) is 2.62. The van der Waals surface area contributed by atoms with E-state index in [0.29, 0.717) is 0 Å². The molecule has 63 valence electrons. The molecule has 1 saturated heterocycles. The highest BCUT2D eigenvalue weighted by Gasteiger charge is 2.30. The van der Waals surface area contributed by atoms with Crippen LogP contribution in [0.15, 0.2) is 0 Å². The highest BCUT2D eigenvalue weighted by Crippen LogP contribution is 2.33. The minimum Gasteiger partial charge on any atom is -0.303 e. The van der Waals surface area contributed by atoms with Crippen LogP contribution < -0.4 is 0 Å². The molecule has 1 aliphatic carbocycles. The van der Waals surface area contributed by atoms with Crippen molar-refractivity contribution in [2.75, 3.05) is 13.6 Å². The Labute approximate surface area is 69.8 Å². The maximum atomic E-state index is 2.56. The lowest BCUT2D eigenvalue weighted by Crippen LogP contribution is -2.44.